The third-order valence-corrected chi connectivity index (χ3v) is 3.33. The Morgan fingerprint density at radius 2 is 2.29 bits per heavy atom. The Bertz CT molecular complexity index is 546. The SMILES string of the molecule is O=C1COc2cc(OCc3ccsc3)ccc21. The van der Waals surface area contributed by atoms with Crippen LogP contribution in [0.15, 0.2) is 35.0 Å². The highest BCUT2D eigenvalue weighted by Gasteiger charge is 2.21. The van der Waals surface area contributed by atoms with Gasteiger partial charge in [-0.3, -0.25) is 4.79 Å². The van der Waals surface area contributed by atoms with Gasteiger partial charge in [-0.1, -0.05) is 0 Å². The Labute approximate surface area is 103 Å². The third kappa shape index (κ3) is 2.03. The van der Waals surface area contributed by atoms with Crippen molar-refractivity contribution < 1.29 is 14.3 Å². The summed E-state index contributed by atoms with van der Waals surface area (Å²) >= 11 is 1.65. The number of ketones is 1. The van der Waals surface area contributed by atoms with Crippen LogP contribution < -0.4 is 9.47 Å². The predicted molar refractivity (Wildman–Crippen MR) is 64.9 cm³/mol. The molecule has 3 nitrogen and oxygen atoms in total. The van der Waals surface area contributed by atoms with Crippen LogP contribution in [0.4, 0.5) is 0 Å². The van der Waals surface area contributed by atoms with Gasteiger partial charge >= 0.3 is 0 Å². The van der Waals surface area contributed by atoms with Crippen LogP contribution in [-0.2, 0) is 6.61 Å². The van der Waals surface area contributed by atoms with Gasteiger partial charge < -0.3 is 9.47 Å². The summed E-state index contributed by atoms with van der Waals surface area (Å²) in [6, 6.07) is 7.36. The van der Waals surface area contributed by atoms with Crippen LogP contribution in [-0.4, -0.2) is 12.4 Å². The quantitative estimate of drug-likeness (QED) is 0.835. The summed E-state index contributed by atoms with van der Waals surface area (Å²) in [5.74, 6) is 1.38. The lowest BCUT2D eigenvalue weighted by molar-refractivity contribution is 0.0961. The molecular weight excluding hydrogens is 236 g/mol. The van der Waals surface area contributed by atoms with Crippen molar-refractivity contribution in [3.8, 4) is 11.5 Å². The minimum absolute atomic E-state index is 0.0318. The van der Waals surface area contributed by atoms with Gasteiger partial charge in [0.05, 0.1) is 5.56 Å². The average Bonchev–Trinajstić information content (AvgIpc) is 2.97. The van der Waals surface area contributed by atoms with E-state index in [9.17, 15) is 4.79 Å². The molecule has 0 bridgehead atoms. The molecule has 0 radical (unpaired) electrons. The van der Waals surface area contributed by atoms with E-state index < -0.39 is 0 Å². The molecule has 2 heterocycles. The molecule has 0 fully saturated rings. The first kappa shape index (κ1) is 10.4. The molecule has 1 aliphatic rings. The van der Waals surface area contributed by atoms with E-state index in [2.05, 4.69) is 0 Å². The number of fused-ring (bicyclic) bond motifs is 1. The molecule has 0 aliphatic carbocycles. The van der Waals surface area contributed by atoms with E-state index in [1.807, 2.05) is 16.8 Å². The number of carbonyl (C=O) groups excluding carboxylic acids is 1. The number of hydrogen-bond donors (Lipinski definition) is 0. The molecule has 3 rings (SSSR count). The number of thiophene rings is 1. The summed E-state index contributed by atoms with van der Waals surface area (Å²) in [4.78, 5) is 11.4. The van der Waals surface area contributed by atoms with E-state index in [0.29, 0.717) is 17.9 Å². The standard InChI is InChI=1S/C13H10O3S/c14-12-7-16-13-5-10(1-2-11(12)13)15-6-9-3-4-17-8-9/h1-5,8H,6-7H2. The molecule has 0 atom stereocenters. The molecule has 0 saturated heterocycles. The molecule has 0 saturated carbocycles. The number of carbonyl (C=O) groups is 1. The molecule has 0 spiro atoms. The molecule has 4 heteroatoms. The summed E-state index contributed by atoms with van der Waals surface area (Å²) < 4.78 is 10.9. The zero-order chi connectivity index (χ0) is 11.7. The molecule has 17 heavy (non-hydrogen) atoms. The molecule has 2 aromatic rings. The Morgan fingerprint density at radius 1 is 1.35 bits per heavy atom. The largest absolute Gasteiger partial charge is 0.489 e. The summed E-state index contributed by atoms with van der Waals surface area (Å²) in [6.45, 7) is 0.680. The molecule has 1 aromatic carbocycles. The highest BCUT2D eigenvalue weighted by atomic mass is 32.1. The van der Waals surface area contributed by atoms with Crippen molar-refractivity contribution in [1.82, 2.24) is 0 Å². The van der Waals surface area contributed by atoms with Gasteiger partial charge in [0.1, 0.15) is 18.1 Å². The molecular formula is C13H10O3S. The van der Waals surface area contributed by atoms with Crippen LogP contribution in [0.5, 0.6) is 11.5 Å². The van der Waals surface area contributed by atoms with E-state index in [4.69, 9.17) is 9.47 Å². The summed E-state index contributed by atoms with van der Waals surface area (Å²) in [6.07, 6.45) is 0. The lowest BCUT2D eigenvalue weighted by Gasteiger charge is -2.06. The van der Waals surface area contributed by atoms with Crippen molar-refractivity contribution >= 4 is 17.1 Å². The zero-order valence-corrected chi connectivity index (χ0v) is 9.83. The Morgan fingerprint density at radius 3 is 3.12 bits per heavy atom. The smallest absolute Gasteiger partial charge is 0.203 e. The number of Topliss-reactive ketones (excluding diaryl/α,β-unsaturated/α-hetero) is 1. The fraction of sp³-hybridized carbons (Fsp3) is 0.154. The minimum atomic E-state index is 0.0318. The van der Waals surface area contributed by atoms with E-state index in [0.717, 1.165) is 11.3 Å². The Hall–Kier alpha value is -1.81. The van der Waals surface area contributed by atoms with Crippen molar-refractivity contribution in [3.05, 3.63) is 46.2 Å². The van der Waals surface area contributed by atoms with Crippen LogP contribution in [0, 0.1) is 0 Å². The van der Waals surface area contributed by atoms with Crippen molar-refractivity contribution in [2.24, 2.45) is 0 Å². The Kier molecular flexibility index (Phi) is 2.57. The van der Waals surface area contributed by atoms with Crippen molar-refractivity contribution in [2.75, 3.05) is 6.61 Å². The van der Waals surface area contributed by atoms with Gasteiger partial charge in [-0.2, -0.15) is 11.3 Å². The van der Waals surface area contributed by atoms with Crippen molar-refractivity contribution in [3.63, 3.8) is 0 Å². The van der Waals surface area contributed by atoms with Crippen molar-refractivity contribution in [1.29, 1.82) is 0 Å². The average molecular weight is 246 g/mol. The molecule has 0 N–H and O–H groups in total. The van der Waals surface area contributed by atoms with Gasteiger partial charge in [0.2, 0.25) is 5.78 Å². The number of hydrogen-bond acceptors (Lipinski definition) is 4. The van der Waals surface area contributed by atoms with Gasteiger partial charge in [0.25, 0.3) is 0 Å². The number of rotatable bonds is 3. The van der Waals surface area contributed by atoms with Crippen molar-refractivity contribution in [2.45, 2.75) is 6.61 Å². The maximum absolute atomic E-state index is 11.4. The normalized spacial score (nSPS) is 13.3. The first-order valence-corrected chi connectivity index (χ1v) is 6.21. The second-order valence-electron chi connectivity index (χ2n) is 3.79. The fourth-order valence-corrected chi connectivity index (χ4v) is 2.36. The van der Waals surface area contributed by atoms with E-state index in [-0.39, 0.29) is 12.4 Å². The van der Waals surface area contributed by atoms with E-state index in [1.54, 1.807) is 29.5 Å². The van der Waals surface area contributed by atoms with E-state index >= 15 is 0 Å². The second kappa shape index (κ2) is 4.22. The van der Waals surface area contributed by atoms with Crippen LogP contribution in [0.25, 0.3) is 0 Å². The summed E-state index contributed by atoms with van der Waals surface area (Å²) in [5.41, 5.74) is 1.79. The lowest BCUT2D eigenvalue weighted by atomic mass is 10.1. The molecule has 0 amide bonds. The summed E-state index contributed by atoms with van der Waals surface area (Å²) in [7, 11) is 0. The first-order valence-electron chi connectivity index (χ1n) is 5.27. The predicted octanol–water partition coefficient (Wildman–Crippen LogP) is 2.90. The van der Waals surface area contributed by atoms with Gasteiger partial charge in [-0.05, 0) is 34.5 Å². The number of benzene rings is 1. The lowest BCUT2D eigenvalue weighted by Crippen LogP contribution is -1.98. The molecule has 1 aliphatic heterocycles. The first-order chi connectivity index (χ1) is 8.33. The van der Waals surface area contributed by atoms with Crippen LogP contribution >= 0.6 is 11.3 Å². The Balaban J connectivity index is 1.74. The third-order valence-electron chi connectivity index (χ3n) is 2.60. The van der Waals surface area contributed by atoms with Crippen LogP contribution in [0.3, 0.4) is 0 Å². The maximum atomic E-state index is 11.4. The van der Waals surface area contributed by atoms with E-state index in [1.165, 1.54) is 0 Å². The monoisotopic (exact) mass is 246 g/mol. The second-order valence-corrected chi connectivity index (χ2v) is 4.57. The summed E-state index contributed by atoms with van der Waals surface area (Å²) in [5, 5.41) is 4.07. The number of ether oxygens (including phenoxy) is 2. The van der Waals surface area contributed by atoms with Crippen LogP contribution in [0.2, 0.25) is 0 Å². The molecule has 86 valence electrons. The van der Waals surface area contributed by atoms with Gasteiger partial charge in [-0.15, -0.1) is 0 Å². The van der Waals surface area contributed by atoms with Gasteiger partial charge in [0.15, 0.2) is 6.61 Å². The highest BCUT2D eigenvalue weighted by molar-refractivity contribution is 7.07. The zero-order valence-electron chi connectivity index (χ0n) is 9.01. The topological polar surface area (TPSA) is 35.5 Å². The van der Waals surface area contributed by atoms with Gasteiger partial charge in [-0.25, -0.2) is 0 Å². The van der Waals surface area contributed by atoms with Crippen LogP contribution in [0.1, 0.15) is 15.9 Å². The maximum Gasteiger partial charge on any atom is 0.203 e. The molecule has 1 aromatic heterocycles. The fourth-order valence-electron chi connectivity index (χ4n) is 1.70. The minimum Gasteiger partial charge on any atom is -0.489 e. The van der Waals surface area contributed by atoms with Gasteiger partial charge in [0, 0.05) is 6.07 Å². The molecule has 0 unspecified atom stereocenters. The highest BCUT2D eigenvalue weighted by Crippen LogP contribution is 2.29.